The number of ether oxygens (including phenoxy) is 3. The van der Waals surface area contributed by atoms with Crippen molar-refractivity contribution >= 4 is 28.5 Å². The Balaban J connectivity index is 1.75. The SMILES string of the molecule is COc1cc(C(=O)OCc2cc(=O)oc3cc(NC(C)=O)ccc23)ccc1OCCC(C)C. The first-order valence-corrected chi connectivity index (χ1v) is 10.6. The average Bonchev–Trinajstić information content (AvgIpc) is 2.76. The van der Waals surface area contributed by atoms with Gasteiger partial charge >= 0.3 is 11.6 Å². The van der Waals surface area contributed by atoms with Crippen LogP contribution >= 0.6 is 0 Å². The number of fused-ring (bicyclic) bond motifs is 1. The van der Waals surface area contributed by atoms with E-state index in [1.807, 2.05) is 0 Å². The minimum Gasteiger partial charge on any atom is -0.493 e. The van der Waals surface area contributed by atoms with Crippen molar-refractivity contribution in [3.05, 3.63) is 64.0 Å². The lowest BCUT2D eigenvalue weighted by Crippen LogP contribution is -2.09. The molecular formula is C25H27NO7. The molecule has 8 heteroatoms. The van der Waals surface area contributed by atoms with Crippen LogP contribution in [0.5, 0.6) is 11.5 Å². The zero-order chi connectivity index (χ0) is 24.0. The highest BCUT2D eigenvalue weighted by atomic mass is 16.5. The van der Waals surface area contributed by atoms with E-state index in [1.165, 1.54) is 20.1 Å². The number of benzene rings is 2. The van der Waals surface area contributed by atoms with Crippen LogP contribution in [0.2, 0.25) is 0 Å². The van der Waals surface area contributed by atoms with Crippen LogP contribution < -0.4 is 20.4 Å². The van der Waals surface area contributed by atoms with Gasteiger partial charge in [-0.2, -0.15) is 0 Å². The minimum absolute atomic E-state index is 0.130. The number of methoxy groups -OCH3 is 1. The molecule has 0 saturated heterocycles. The van der Waals surface area contributed by atoms with Crippen LogP contribution in [0, 0.1) is 5.92 Å². The maximum Gasteiger partial charge on any atom is 0.338 e. The molecule has 0 aliphatic heterocycles. The maximum atomic E-state index is 12.6. The number of carbonyl (C=O) groups is 2. The van der Waals surface area contributed by atoms with E-state index in [-0.39, 0.29) is 18.1 Å². The first-order valence-electron chi connectivity index (χ1n) is 10.6. The summed E-state index contributed by atoms with van der Waals surface area (Å²) in [5.41, 5.74) is 0.977. The first-order chi connectivity index (χ1) is 15.8. The highest BCUT2D eigenvalue weighted by Crippen LogP contribution is 2.29. The smallest absolute Gasteiger partial charge is 0.338 e. The standard InChI is InChI=1S/C25H27NO7/c1-15(2)9-10-31-21-8-5-17(11-23(21)30-4)25(29)32-14-18-12-24(28)33-22-13-19(26-16(3)27)6-7-20(18)22/h5-8,11-13,15H,9-10,14H2,1-4H3,(H,26,27). The first kappa shape index (κ1) is 23.8. The zero-order valence-corrected chi connectivity index (χ0v) is 19.1. The molecule has 0 saturated carbocycles. The molecule has 1 amide bonds. The predicted octanol–water partition coefficient (Wildman–Crippen LogP) is 4.54. The van der Waals surface area contributed by atoms with Crippen molar-refractivity contribution in [3.8, 4) is 11.5 Å². The molecule has 0 atom stereocenters. The Kier molecular flexibility index (Phi) is 7.71. The second-order valence-corrected chi connectivity index (χ2v) is 7.96. The molecule has 0 fully saturated rings. The van der Waals surface area contributed by atoms with Gasteiger partial charge in [0.05, 0.1) is 19.3 Å². The van der Waals surface area contributed by atoms with Crippen LogP contribution in [0.1, 0.15) is 43.1 Å². The Morgan fingerprint density at radius 1 is 1.06 bits per heavy atom. The third-order valence-corrected chi connectivity index (χ3v) is 4.86. The summed E-state index contributed by atoms with van der Waals surface area (Å²) < 4.78 is 21.8. The Morgan fingerprint density at radius 3 is 2.55 bits per heavy atom. The van der Waals surface area contributed by atoms with E-state index in [1.54, 1.807) is 36.4 Å². The van der Waals surface area contributed by atoms with Crippen LogP contribution in [0.4, 0.5) is 5.69 Å². The van der Waals surface area contributed by atoms with Crippen molar-refractivity contribution in [2.45, 2.75) is 33.8 Å². The van der Waals surface area contributed by atoms with Gasteiger partial charge in [-0.1, -0.05) is 13.8 Å². The summed E-state index contributed by atoms with van der Waals surface area (Å²) in [6, 6.07) is 11.0. The summed E-state index contributed by atoms with van der Waals surface area (Å²) >= 11 is 0. The molecule has 0 aliphatic carbocycles. The number of amides is 1. The Morgan fingerprint density at radius 2 is 1.85 bits per heavy atom. The molecule has 3 rings (SSSR count). The topological polar surface area (TPSA) is 104 Å². The number of nitrogens with one attached hydrogen (secondary N) is 1. The number of hydrogen-bond acceptors (Lipinski definition) is 7. The van der Waals surface area contributed by atoms with E-state index in [2.05, 4.69) is 19.2 Å². The van der Waals surface area contributed by atoms with Crippen LogP contribution in [0.3, 0.4) is 0 Å². The molecule has 33 heavy (non-hydrogen) atoms. The average molecular weight is 453 g/mol. The molecule has 1 aromatic heterocycles. The molecule has 0 bridgehead atoms. The highest BCUT2D eigenvalue weighted by Gasteiger charge is 2.15. The molecule has 174 valence electrons. The molecule has 2 aromatic carbocycles. The number of rotatable bonds is 9. The van der Waals surface area contributed by atoms with Crippen molar-refractivity contribution in [3.63, 3.8) is 0 Å². The van der Waals surface area contributed by atoms with Gasteiger partial charge in [0.1, 0.15) is 12.2 Å². The van der Waals surface area contributed by atoms with Crippen LogP contribution in [-0.2, 0) is 16.1 Å². The monoisotopic (exact) mass is 453 g/mol. The molecule has 8 nitrogen and oxygen atoms in total. The van der Waals surface area contributed by atoms with Crippen molar-refractivity contribution in [1.29, 1.82) is 0 Å². The predicted molar refractivity (Wildman–Crippen MR) is 124 cm³/mol. The second kappa shape index (κ2) is 10.7. The largest absolute Gasteiger partial charge is 0.493 e. The molecule has 0 aliphatic rings. The highest BCUT2D eigenvalue weighted by molar-refractivity contribution is 5.93. The lowest BCUT2D eigenvalue weighted by Gasteiger charge is -2.13. The Labute approximate surface area is 191 Å². The van der Waals surface area contributed by atoms with E-state index in [0.717, 1.165) is 6.42 Å². The van der Waals surface area contributed by atoms with Gasteiger partial charge in [0.2, 0.25) is 5.91 Å². The van der Waals surface area contributed by atoms with Gasteiger partial charge in [-0.25, -0.2) is 9.59 Å². The van der Waals surface area contributed by atoms with E-state index in [0.29, 0.717) is 46.2 Å². The number of hydrogen-bond donors (Lipinski definition) is 1. The van der Waals surface area contributed by atoms with Crippen molar-refractivity contribution in [2.75, 3.05) is 19.0 Å². The van der Waals surface area contributed by atoms with E-state index < -0.39 is 11.6 Å². The maximum absolute atomic E-state index is 12.6. The third-order valence-electron chi connectivity index (χ3n) is 4.86. The summed E-state index contributed by atoms with van der Waals surface area (Å²) in [7, 11) is 1.50. The molecular weight excluding hydrogens is 426 g/mol. The Bertz CT molecular complexity index is 1210. The van der Waals surface area contributed by atoms with Gasteiger partial charge in [0, 0.05) is 35.7 Å². The van der Waals surface area contributed by atoms with Crippen LogP contribution in [-0.4, -0.2) is 25.6 Å². The summed E-state index contributed by atoms with van der Waals surface area (Å²) in [5.74, 6) is 0.687. The van der Waals surface area contributed by atoms with Gasteiger partial charge < -0.3 is 23.9 Å². The van der Waals surface area contributed by atoms with Crippen molar-refractivity contribution < 1.29 is 28.2 Å². The van der Waals surface area contributed by atoms with Crippen LogP contribution in [0.15, 0.2) is 51.7 Å². The lowest BCUT2D eigenvalue weighted by molar-refractivity contribution is -0.114. The Hall–Kier alpha value is -3.81. The molecule has 1 heterocycles. The molecule has 0 radical (unpaired) electrons. The van der Waals surface area contributed by atoms with Crippen molar-refractivity contribution in [2.24, 2.45) is 5.92 Å². The van der Waals surface area contributed by atoms with Gasteiger partial charge in [-0.15, -0.1) is 0 Å². The fourth-order valence-corrected chi connectivity index (χ4v) is 3.18. The normalized spacial score (nSPS) is 10.8. The fourth-order valence-electron chi connectivity index (χ4n) is 3.18. The number of anilines is 1. The lowest BCUT2D eigenvalue weighted by atomic mass is 10.1. The number of esters is 1. The van der Waals surface area contributed by atoms with E-state index >= 15 is 0 Å². The summed E-state index contributed by atoms with van der Waals surface area (Å²) in [5, 5.41) is 3.23. The van der Waals surface area contributed by atoms with Gasteiger partial charge in [-0.05, 0) is 42.7 Å². The molecule has 0 unspecified atom stereocenters. The fraction of sp³-hybridized carbons (Fsp3) is 0.320. The second-order valence-electron chi connectivity index (χ2n) is 7.96. The van der Waals surface area contributed by atoms with E-state index in [4.69, 9.17) is 18.6 Å². The summed E-state index contributed by atoms with van der Waals surface area (Å²) in [4.78, 5) is 35.9. The third kappa shape index (κ3) is 6.35. The molecule has 1 N–H and O–H groups in total. The summed E-state index contributed by atoms with van der Waals surface area (Å²) in [6.07, 6.45) is 0.901. The quantitative estimate of drug-likeness (QED) is 0.375. The molecule has 0 spiro atoms. The van der Waals surface area contributed by atoms with E-state index in [9.17, 15) is 14.4 Å². The van der Waals surface area contributed by atoms with Gasteiger partial charge in [-0.3, -0.25) is 4.79 Å². The summed E-state index contributed by atoms with van der Waals surface area (Å²) in [6.45, 7) is 6.03. The zero-order valence-electron chi connectivity index (χ0n) is 19.1. The minimum atomic E-state index is -0.585. The van der Waals surface area contributed by atoms with Crippen molar-refractivity contribution in [1.82, 2.24) is 0 Å². The molecule has 3 aromatic rings. The van der Waals surface area contributed by atoms with Gasteiger partial charge in [0.15, 0.2) is 11.5 Å². The van der Waals surface area contributed by atoms with Gasteiger partial charge in [0.25, 0.3) is 0 Å². The van der Waals surface area contributed by atoms with Crippen LogP contribution in [0.25, 0.3) is 11.0 Å². The number of carbonyl (C=O) groups excluding carboxylic acids is 2.